The zero-order valence-corrected chi connectivity index (χ0v) is 11.7. The van der Waals surface area contributed by atoms with Gasteiger partial charge in [0.1, 0.15) is 0 Å². The first-order valence-electron chi connectivity index (χ1n) is 5.94. The van der Waals surface area contributed by atoms with Crippen molar-refractivity contribution in [3.05, 3.63) is 29.8 Å². The van der Waals surface area contributed by atoms with Gasteiger partial charge in [-0.2, -0.15) is 0 Å². The van der Waals surface area contributed by atoms with E-state index in [1.807, 2.05) is 0 Å². The van der Waals surface area contributed by atoms with Gasteiger partial charge >= 0.3 is 0 Å². The van der Waals surface area contributed by atoms with E-state index in [4.69, 9.17) is 11.6 Å². The van der Waals surface area contributed by atoms with Crippen LogP contribution >= 0.6 is 11.6 Å². The van der Waals surface area contributed by atoms with Crippen molar-refractivity contribution in [1.82, 2.24) is 4.72 Å². The molecule has 2 rings (SSSR count). The van der Waals surface area contributed by atoms with Crippen molar-refractivity contribution < 1.29 is 17.2 Å². The standard InChI is InChI=1S/C12H14ClF2NO2S/c13-8-12(5-1-2-6-12)16-19(17,18)9-3-4-10(14)11(15)7-9/h3-4,7,16H,1-2,5-6,8H2. The van der Waals surface area contributed by atoms with E-state index >= 15 is 0 Å². The number of hydrogen-bond donors (Lipinski definition) is 1. The normalized spacial score (nSPS) is 18.7. The number of sulfonamides is 1. The van der Waals surface area contributed by atoms with Crippen molar-refractivity contribution in [2.24, 2.45) is 0 Å². The van der Waals surface area contributed by atoms with Crippen LogP contribution < -0.4 is 4.72 Å². The molecule has 0 amide bonds. The minimum atomic E-state index is -3.89. The maximum atomic E-state index is 13.1. The fourth-order valence-electron chi connectivity index (χ4n) is 2.30. The molecule has 0 atom stereocenters. The molecule has 0 aromatic heterocycles. The smallest absolute Gasteiger partial charge is 0.207 e. The van der Waals surface area contributed by atoms with Gasteiger partial charge in [-0.3, -0.25) is 0 Å². The number of nitrogens with one attached hydrogen (secondary N) is 1. The summed E-state index contributed by atoms with van der Waals surface area (Å²) in [4.78, 5) is -0.289. The quantitative estimate of drug-likeness (QED) is 0.869. The Bertz CT molecular complexity index is 571. The molecule has 19 heavy (non-hydrogen) atoms. The first kappa shape index (κ1) is 14.7. The Balaban J connectivity index is 2.29. The number of hydrogen-bond acceptors (Lipinski definition) is 2. The lowest BCUT2D eigenvalue weighted by atomic mass is 10.0. The van der Waals surface area contributed by atoms with Crippen molar-refractivity contribution in [1.29, 1.82) is 0 Å². The van der Waals surface area contributed by atoms with Crippen LogP contribution in [0.2, 0.25) is 0 Å². The third-order valence-electron chi connectivity index (χ3n) is 3.37. The zero-order valence-electron chi connectivity index (χ0n) is 10.1. The molecule has 0 radical (unpaired) electrons. The lowest BCUT2D eigenvalue weighted by Gasteiger charge is -2.27. The first-order chi connectivity index (χ1) is 8.88. The summed E-state index contributed by atoms with van der Waals surface area (Å²) in [6, 6.07) is 2.51. The van der Waals surface area contributed by atoms with E-state index in [0.717, 1.165) is 25.0 Å². The van der Waals surface area contributed by atoms with Crippen LogP contribution in [0.15, 0.2) is 23.1 Å². The molecule has 1 aliphatic carbocycles. The molecule has 0 saturated heterocycles. The van der Waals surface area contributed by atoms with Gasteiger partial charge in [0.05, 0.1) is 4.90 Å². The lowest BCUT2D eigenvalue weighted by molar-refractivity contribution is 0.432. The molecule has 0 aliphatic heterocycles. The number of alkyl halides is 1. The van der Waals surface area contributed by atoms with E-state index in [2.05, 4.69) is 4.72 Å². The molecule has 106 valence electrons. The van der Waals surface area contributed by atoms with Crippen molar-refractivity contribution >= 4 is 21.6 Å². The second-order valence-electron chi connectivity index (χ2n) is 4.80. The van der Waals surface area contributed by atoms with Gasteiger partial charge in [-0.15, -0.1) is 11.6 Å². The summed E-state index contributed by atoms with van der Waals surface area (Å²) in [5, 5.41) is 0. The van der Waals surface area contributed by atoms with E-state index in [-0.39, 0.29) is 10.8 Å². The summed E-state index contributed by atoms with van der Waals surface area (Å²) in [6.45, 7) is 0. The average molecular weight is 310 g/mol. The summed E-state index contributed by atoms with van der Waals surface area (Å²) in [5.41, 5.74) is -0.675. The van der Waals surface area contributed by atoms with Crippen LogP contribution in [0.25, 0.3) is 0 Å². The maximum absolute atomic E-state index is 13.1. The topological polar surface area (TPSA) is 46.2 Å². The second kappa shape index (κ2) is 5.34. The molecule has 1 aromatic rings. The molecule has 1 fully saturated rings. The minimum absolute atomic E-state index is 0.163. The molecular weight excluding hydrogens is 296 g/mol. The molecule has 0 spiro atoms. The summed E-state index contributed by atoms with van der Waals surface area (Å²) < 4.78 is 52.8. The highest BCUT2D eigenvalue weighted by molar-refractivity contribution is 7.89. The van der Waals surface area contributed by atoms with Gasteiger partial charge in [-0.05, 0) is 31.0 Å². The Morgan fingerprint density at radius 3 is 2.37 bits per heavy atom. The van der Waals surface area contributed by atoms with Crippen LogP contribution in [-0.4, -0.2) is 19.8 Å². The molecule has 1 saturated carbocycles. The summed E-state index contributed by atoms with van der Waals surface area (Å²) in [5.74, 6) is -2.10. The van der Waals surface area contributed by atoms with Gasteiger partial charge in [0.15, 0.2) is 11.6 Å². The van der Waals surface area contributed by atoms with Crippen LogP contribution in [0.3, 0.4) is 0 Å². The highest BCUT2D eigenvalue weighted by Crippen LogP contribution is 2.32. The Morgan fingerprint density at radius 2 is 1.84 bits per heavy atom. The van der Waals surface area contributed by atoms with Gasteiger partial charge in [0, 0.05) is 11.4 Å². The van der Waals surface area contributed by atoms with E-state index in [1.165, 1.54) is 0 Å². The third kappa shape index (κ3) is 3.07. The van der Waals surface area contributed by atoms with Gasteiger partial charge in [-0.1, -0.05) is 12.8 Å². The predicted octanol–water partition coefficient (Wildman–Crippen LogP) is 2.79. The summed E-state index contributed by atoms with van der Waals surface area (Å²) in [7, 11) is -3.89. The van der Waals surface area contributed by atoms with Crippen LogP contribution in [0.4, 0.5) is 8.78 Å². The number of rotatable bonds is 4. The number of halogens is 3. The van der Waals surface area contributed by atoms with Crippen molar-refractivity contribution in [2.75, 3.05) is 5.88 Å². The van der Waals surface area contributed by atoms with Gasteiger partial charge in [0.2, 0.25) is 10.0 Å². The highest BCUT2D eigenvalue weighted by atomic mass is 35.5. The monoisotopic (exact) mass is 309 g/mol. The van der Waals surface area contributed by atoms with E-state index in [0.29, 0.717) is 18.9 Å². The fourth-order valence-corrected chi connectivity index (χ4v) is 4.19. The molecular formula is C12H14ClF2NO2S. The van der Waals surface area contributed by atoms with Crippen molar-refractivity contribution in [3.8, 4) is 0 Å². The van der Waals surface area contributed by atoms with E-state index in [1.54, 1.807) is 0 Å². The van der Waals surface area contributed by atoms with Crippen molar-refractivity contribution in [3.63, 3.8) is 0 Å². The van der Waals surface area contributed by atoms with Crippen LogP contribution in [-0.2, 0) is 10.0 Å². The predicted molar refractivity (Wildman–Crippen MR) is 68.6 cm³/mol. The maximum Gasteiger partial charge on any atom is 0.241 e. The van der Waals surface area contributed by atoms with Gasteiger partial charge in [-0.25, -0.2) is 21.9 Å². The van der Waals surface area contributed by atoms with Crippen LogP contribution in [0.5, 0.6) is 0 Å². The molecule has 0 bridgehead atoms. The molecule has 1 aliphatic rings. The average Bonchev–Trinajstić information content (AvgIpc) is 2.81. The Morgan fingerprint density at radius 1 is 1.21 bits per heavy atom. The fraction of sp³-hybridized carbons (Fsp3) is 0.500. The van der Waals surface area contributed by atoms with Gasteiger partial charge in [0.25, 0.3) is 0 Å². The van der Waals surface area contributed by atoms with Gasteiger partial charge < -0.3 is 0 Å². The molecule has 7 heteroatoms. The van der Waals surface area contributed by atoms with E-state index < -0.39 is 27.2 Å². The molecule has 0 unspecified atom stereocenters. The minimum Gasteiger partial charge on any atom is -0.207 e. The molecule has 3 nitrogen and oxygen atoms in total. The summed E-state index contributed by atoms with van der Waals surface area (Å²) >= 11 is 5.85. The number of benzene rings is 1. The first-order valence-corrected chi connectivity index (χ1v) is 7.95. The van der Waals surface area contributed by atoms with Crippen LogP contribution in [0, 0.1) is 11.6 Å². The molecule has 0 heterocycles. The third-order valence-corrected chi connectivity index (χ3v) is 5.46. The lowest BCUT2D eigenvalue weighted by Crippen LogP contribution is -2.47. The Hall–Kier alpha value is -0.720. The SMILES string of the molecule is O=S(=O)(NC1(CCl)CCCC1)c1ccc(F)c(F)c1. The molecule has 1 aromatic carbocycles. The Kier molecular flexibility index (Phi) is 4.13. The summed E-state index contributed by atoms with van der Waals surface area (Å²) in [6.07, 6.45) is 3.10. The molecule has 1 N–H and O–H groups in total. The largest absolute Gasteiger partial charge is 0.241 e. The Labute approximate surface area is 116 Å². The zero-order chi connectivity index (χ0) is 14.1. The van der Waals surface area contributed by atoms with Crippen molar-refractivity contribution in [2.45, 2.75) is 36.1 Å². The van der Waals surface area contributed by atoms with E-state index in [9.17, 15) is 17.2 Å². The van der Waals surface area contributed by atoms with Crippen LogP contribution in [0.1, 0.15) is 25.7 Å². The highest BCUT2D eigenvalue weighted by Gasteiger charge is 2.37. The second-order valence-corrected chi connectivity index (χ2v) is 6.75.